The van der Waals surface area contributed by atoms with Gasteiger partial charge in [0.15, 0.2) is 0 Å². The highest BCUT2D eigenvalue weighted by atomic mass is 79.9. The van der Waals surface area contributed by atoms with Crippen molar-refractivity contribution in [3.8, 4) is 0 Å². The Hall–Kier alpha value is -1.38. The lowest BCUT2D eigenvalue weighted by Crippen LogP contribution is -2.22. The number of nitrogens with two attached hydrogens (primary N) is 1. The van der Waals surface area contributed by atoms with Gasteiger partial charge in [0, 0.05) is 19.1 Å². The third kappa shape index (κ3) is 4.56. The molecule has 0 aliphatic carbocycles. The summed E-state index contributed by atoms with van der Waals surface area (Å²) in [5, 5.41) is 5.29. The first-order chi connectivity index (χ1) is 10.3. The van der Waals surface area contributed by atoms with Crippen LogP contribution in [0.4, 0.5) is 16.2 Å². The molecule has 0 aromatic heterocycles. The zero-order chi connectivity index (χ0) is 16.3. The van der Waals surface area contributed by atoms with E-state index in [1.165, 1.54) is 6.07 Å². The molecule has 22 heavy (non-hydrogen) atoms. The summed E-state index contributed by atoms with van der Waals surface area (Å²) in [5.41, 5.74) is 6.44. The highest BCUT2D eigenvalue weighted by Crippen LogP contribution is 2.24. The molecule has 0 unspecified atom stereocenters. The minimum atomic E-state index is -0.618. The monoisotopic (exact) mass is 489 g/mol. The van der Waals surface area contributed by atoms with E-state index >= 15 is 0 Å². The maximum absolute atomic E-state index is 12.1. The van der Waals surface area contributed by atoms with Gasteiger partial charge in [-0.1, -0.05) is 47.8 Å². The molecular formula is C14H10Br3N3O2. The van der Waals surface area contributed by atoms with Gasteiger partial charge in [-0.15, -0.1) is 0 Å². The SMILES string of the molecule is NC(=O)c1ccc(Br)cc1NC(=O)Nc1cc(Br)cc(Br)c1. The maximum atomic E-state index is 12.1. The Morgan fingerprint density at radius 1 is 0.864 bits per heavy atom. The lowest BCUT2D eigenvalue weighted by Gasteiger charge is -2.11. The van der Waals surface area contributed by atoms with Crippen molar-refractivity contribution in [1.82, 2.24) is 0 Å². The number of carbonyl (C=O) groups is 2. The molecule has 0 radical (unpaired) electrons. The van der Waals surface area contributed by atoms with Crippen molar-refractivity contribution in [2.45, 2.75) is 0 Å². The molecule has 0 bridgehead atoms. The zero-order valence-electron chi connectivity index (χ0n) is 11.0. The fraction of sp³-hybridized carbons (Fsp3) is 0. The summed E-state index contributed by atoms with van der Waals surface area (Å²) >= 11 is 9.97. The molecule has 0 aliphatic rings. The van der Waals surface area contributed by atoms with Crippen molar-refractivity contribution >= 4 is 71.1 Å². The van der Waals surface area contributed by atoms with Gasteiger partial charge in [-0.2, -0.15) is 0 Å². The van der Waals surface area contributed by atoms with Crippen LogP contribution < -0.4 is 16.4 Å². The molecule has 0 saturated carbocycles. The van der Waals surface area contributed by atoms with Gasteiger partial charge >= 0.3 is 6.03 Å². The van der Waals surface area contributed by atoms with Crippen LogP contribution in [0.2, 0.25) is 0 Å². The average molecular weight is 492 g/mol. The molecule has 8 heteroatoms. The van der Waals surface area contributed by atoms with Gasteiger partial charge in [0.05, 0.1) is 11.3 Å². The number of hydrogen-bond donors (Lipinski definition) is 3. The van der Waals surface area contributed by atoms with Gasteiger partial charge in [0.2, 0.25) is 0 Å². The van der Waals surface area contributed by atoms with Crippen molar-refractivity contribution in [3.05, 3.63) is 55.4 Å². The summed E-state index contributed by atoms with van der Waals surface area (Å²) in [7, 11) is 0. The van der Waals surface area contributed by atoms with E-state index in [1.807, 2.05) is 6.07 Å². The van der Waals surface area contributed by atoms with Crippen LogP contribution in [-0.4, -0.2) is 11.9 Å². The van der Waals surface area contributed by atoms with Crippen LogP contribution in [0.25, 0.3) is 0 Å². The van der Waals surface area contributed by atoms with Crippen molar-refractivity contribution in [1.29, 1.82) is 0 Å². The molecule has 3 amide bonds. The van der Waals surface area contributed by atoms with E-state index in [0.29, 0.717) is 11.4 Å². The summed E-state index contributed by atoms with van der Waals surface area (Å²) in [6.45, 7) is 0. The topological polar surface area (TPSA) is 84.2 Å². The molecular weight excluding hydrogens is 482 g/mol. The molecule has 2 aromatic carbocycles. The molecule has 0 atom stereocenters. The van der Waals surface area contributed by atoms with Crippen molar-refractivity contribution in [3.63, 3.8) is 0 Å². The standard InChI is InChI=1S/C14H10Br3N3O2/c15-7-1-2-11(13(18)21)12(6-7)20-14(22)19-10-4-8(16)3-9(17)5-10/h1-6H,(H2,18,21)(H2,19,20,22). The van der Waals surface area contributed by atoms with Gasteiger partial charge in [-0.05, 0) is 36.4 Å². The van der Waals surface area contributed by atoms with Gasteiger partial charge in [-0.25, -0.2) is 4.79 Å². The average Bonchev–Trinajstić information content (AvgIpc) is 2.36. The Morgan fingerprint density at radius 3 is 2.09 bits per heavy atom. The van der Waals surface area contributed by atoms with Crippen LogP contribution in [0.1, 0.15) is 10.4 Å². The van der Waals surface area contributed by atoms with Crippen LogP contribution in [0.3, 0.4) is 0 Å². The van der Waals surface area contributed by atoms with Gasteiger partial charge in [0.25, 0.3) is 5.91 Å². The zero-order valence-corrected chi connectivity index (χ0v) is 15.7. The van der Waals surface area contributed by atoms with E-state index in [9.17, 15) is 9.59 Å². The minimum Gasteiger partial charge on any atom is -0.366 e. The van der Waals surface area contributed by atoms with Crippen LogP contribution in [0, 0.1) is 0 Å². The largest absolute Gasteiger partial charge is 0.366 e. The lowest BCUT2D eigenvalue weighted by molar-refractivity contribution is 0.100. The molecule has 114 valence electrons. The Labute approximate surface area is 152 Å². The van der Waals surface area contributed by atoms with Crippen LogP contribution >= 0.6 is 47.8 Å². The smallest absolute Gasteiger partial charge is 0.323 e. The predicted molar refractivity (Wildman–Crippen MR) is 97.1 cm³/mol. The lowest BCUT2D eigenvalue weighted by atomic mass is 10.1. The number of primary amides is 1. The molecule has 5 nitrogen and oxygen atoms in total. The van der Waals surface area contributed by atoms with Crippen LogP contribution in [-0.2, 0) is 0 Å². The first-order valence-corrected chi connectivity index (χ1v) is 8.36. The van der Waals surface area contributed by atoms with Crippen molar-refractivity contribution in [2.75, 3.05) is 10.6 Å². The van der Waals surface area contributed by atoms with Gasteiger partial charge < -0.3 is 16.4 Å². The molecule has 0 fully saturated rings. The second-order valence-corrected chi connectivity index (χ2v) is 7.04. The van der Waals surface area contributed by atoms with E-state index in [0.717, 1.165) is 13.4 Å². The number of carbonyl (C=O) groups excluding carboxylic acids is 2. The Bertz CT molecular complexity index is 730. The van der Waals surface area contributed by atoms with Crippen LogP contribution in [0.5, 0.6) is 0 Å². The molecule has 0 heterocycles. The molecule has 0 saturated heterocycles. The molecule has 0 spiro atoms. The molecule has 2 rings (SSSR count). The fourth-order valence-corrected chi connectivity index (χ4v) is 3.40. The molecule has 2 aromatic rings. The summed E-state index contributed by atoms with van der Waals surface area (Å²) in [4.78, 5) is 23.5. The Morgan fingerprint density at radius 2 is 1.50 bits per heavy atom. The first-order valence-electron chi connectivity index (χ1n) is 5.98. The summed E-state index contributed by atoms with van der Waals surface area (Å²) in [5.74, 6) is -0.618. The van der Waals surface area contributed by atoms with E-state index in [1.54, 1.807) is 24.3 Å². The maximum Gasteiger partial charge on any atom is 0.323 e. The number of hydrogen-bond acceptors (Lipinski definition) is 2. The molecule has 0 aliphatic heterocycles. The third-order valence-electron chi connectivity index (χ3n) is 2.62. The summed E-state index contributed by atoms with van der Waals surface area (Å²) in [6, 6.07) is 9.69. The fourth-order valence-electron chi connectivity index (χ4n) is 1.75. The number of rotatable bonds is 3. The van der Waals surface area contributed by atoms with Gasteiger partial charge in [0.1, 0.15) is 0 Å². The number of benzene rings is 2. The van der Waals surface area contributed by atoms with Crippen LogP contribution in [0.15, 0.2) is 49.8 Å². The second-order valence-electron chi connectivity index (χ2n) is 4.29. The second kappa shape index (κ2) is 7.26. The summed E-state index contributed by atoms with van der Waals surface area (Å²) < 4.78 is 2.35. The highest BCUT2D eigenvalue weighted by molar-refractivity contribution is 9.11. The van der Waals surface area contributed by atoms with E-state index < -0.39 is 11.9 Å². The summed E-state index contributed by atoms with van der Waals surface area (Å²) in [6.07, 6.45) is 0. The normalized spacial score (nSPS) is 10.1. The Kier molecular flexibility index (Phi) is 5.60. The molecule has 4 N–H and O–H groups in total. The number of anilines is 2. The van der Waals surface area contributed by atoms with E-state index in [2.05, 4.69) is 58.4 Å². The number of amides is 3. The van der Waals surface area contributed by atoms with Crippen molar-refractivity contribution < 1.29 is 9.59 Å². The van der Waals surface area contributed by atoms with E-state index in [4.69, 9.17) is 5.73 Å². The first kappa shape index (κ1) is 17.0. The highest BCUT2D eigenvalue weighted by Gasteiger charge is 2.12. The number of halogens is 3. The van der Waals surface area contributed by atoms with Crippen molar-refractivity contribution in [2.24, 2.45) is 5.73 Å². The quantitative estimate of drug-likeness (QED) is 0.580. The Balaban J connectivity index is 2.18. The number of urea groups is 1. The third-order valence-corrected chi connectivity index (χ3v) is 4.02. The predicted octanol–water partition coefficient (Wildman–Crippen LogP) is 4.72. The number of nitrogens with one attached hydrogen (secondary N) is 2. The van der Waals surface area contributed by atoms with Gasteiger partial charge in [-0.3, -0.25) is 4.79 Å². The van der Waals surface area contributed by atoms with E-state index in [-0.39, 0.29) is 5.56 Å². The minimum absolute atomic E-state index is 0.230.